The van der Waals surface area contributed by atoms with Crippen LogP contribution < -0.4 is 9.47 Å². The van der Waals surface area contributed by atoms with Crippen molar-refractivity contribution >= 4 is 11.9 Å². The van der Waals surface area contributed by atoms with Crippen LogP contribution in [0.2, 0.25) is 0 Å². The Bertz CT molecular complexity index is 1390. The van der Waals surface area contributed by atoms with E-state index < -0.39 is 0 Å². The highest BCUT2D eigenvalue weighted by Crippen LogP contribution is 2.24. The molecule has 0 aliphatic carbocycles. The largest absolute Gasteiger partial charge is 0.427 e. The number of nitriles is 2. The highest BCUT2D eigenvalue weighted by molar-refractivity contribution is 5.74. The van der Waals surface area contributed by atoms with E-state index in [-0.39, 0.29) is 11.9 Å². The number of hydrogen-bond acceptors (Lipinski definition) is 6. The van der Waals surface area contributed by atoms with Crippen molar-refractivity contribution in [2.24, 2.45) is 0 Å². The topological polar surface area (TPSA) is 100 Å². The van der Waals surface area contributed by atoms with E-state index in [4.69, 9.17) is 20.0 Å². The molecule has 4 aromatic rings. The van der Waals surface area contributed by atoms with Crippen molar-refractivity contribution in [1.29, 1.82) is 10.5 Å². The molecule has 0 N–H and O–H groups in total. The molecule has 0 saturated carbocycles. The van der Waals surface area contributed by atoms with Gasteiger partial charge >= 0.3 is 11.9 Å². The lowest BCUT2D eigenvalue weighted by atomic mass is 10.0. The van der Waals surface area contributed by atoms with E-state index in [1.807, 2.05) is 48.5 Å². The smallest absolute Gasteiger partial charge is 0.311 e. The van der Waals surface area contributed by atoms with E-state index in [0.29, 0.717) is 48.3 Å². The summed E-state index contributed by atoms with van der Waals surface area (Å²) in [4.78, 5) is 24.4. The lowest BCUT2D eigenvalue weighted by Crippen LogP contribution is -2.08. The quantitative estimate of drug-likeness (QED) is 0.113. The Hall–Kier alpha value is -5.20. The van der Waals surface area contributed by atoms with Gasteiger partial charge in [-0.25, -0.2) is 0 Å². The molecule has 6 heteroatoms. The molecular weight excluding hydrogens is 500 g/mol. The number of carbonyl (C=O) groups is 2. The van der Waals surface area contributed by atoms with Gasteiger partial charge in [-0.05, 0) is 83.6 Å². The van der Waals surface area contributed by atoms with Gasteiger partial charge in [0.2, 0.25) is 0 Å². The van der Waals surface area contributed by atoms with Crippen LogP contribution in [0.5, 0.6) is 11.5 Å². The molecule has 0 radical (unpaired) electrons. The monoisotopic (exact) mass is 528 g/mol. The fraction of sp³-hybridized carbons (Fsp3) is 0.176. The zero-order valence-corrected chi connectivity index (χ0v) is 22.0. The maximum absolute atomic E-state index is 12.2. The molecule has 0 amide bonds. The summed E-state index contributed by atoms with van der Waals surface area (Å²) < 4.78 is 10.9. The number of nitrogens with zero attached hydrogens (tertiary/aromatic N) is 2. The molecule has 0 fully saturated rings. The lowest BCUT2D eigenvalue weighted by molar-refractivity contribution is -0.135. The third-order valence-electron chi connectivity index (χ3n) is 6.38. The number of benzene rings is 4. The first-order valence-electron chi connectivity index (χ1n) is 13.2. The first-order valence-corrected chi connectivity index (χ1v) is 13.2. The van der Waals surface area contributed by atoms with Gasteiger partial charge in [0, 0.05) is 12.8 Å². The van der Waals surface area contributed by atoms with Crippen LogP contribution in [0, 0.1) is 22.7 Å². The molecule has 0 aliphatic rings. The van der Waals surface area contributed by atoms with Gasteiger partial charge in [0.1, 0.15) is 11.5 Å². The van der Waals surface area contributed by atoms with Crippen LogP contribution in [0.25, 0.3) is 22.3 Å². The second-order valence-electron chi connectivity index (χ2n) is 9.29. The van der Waals surface area contributed by atoms with E-state index in [0.717, 1.165) is 35.1 Å². The summed E-state index contributed by atoms with van der Waals surface area (Å²) >= 11 is 0. The van der Waals surface area contributed by atoms with Crippen molar-refractivity contribution in [2.75, 3.05) is 0 Å². The van der Waals surface area contributed by atoms with Gasteiger partial charge in [-0.2, -0.15) is 10.5 Å². The van der Waals surface area contributed by atoms with Gasteiger partial charge in [-0.1, -0.05) is 61.4 Å². The molecule has 0 spiro atoms. The zero-order chi connectivity index (χ0) is 28.2. The van der Waals surface area contributed by atoms with Crippen molar-refractivity contribution in [3.8, 4) is 45.9 Å². The number of ether oxygens (including phenoxy) is 2. The lowest BCUT2D eigenvalue weighted by Gasteiger charge is -2.07. The van der Waals surface area contributed by atoms with Crippen LogP contribution in [0.3, 0.4) is 0 Å². The van der Waals surface area contributed by atoms with Crippen molar-refractivity contribution in [3.05, 3.63) is 108 Å². The fourth-order valence-electron chi connectivity index (χ4n) is 4.16. The Morgan fingerprint density at radius 2 is 0.775 bits per heavy atom. The SMILES string of the molecule is N#Cc1ccc(-c2ccc(OC(=O)CCCCCCC(=O)Oc3ccc(-c4ccc(C#N)cc4)cc3)cc2)cc1. The Labute approximate surface area is 234 Å². The maximum atomic E-state index is 12.2. The van der Waals surface area contributed by atoms with Gasteiger partial charge in [0.25, 0.3) is 0 Å². The van der Waals surface area contributed by atoms with Crippen LogP contribution in [0.4, 0.5) is 0 Å². The third-order valence-corrected chi connectivity index (χ3v) is 6.38. The Kier molecular flexibility index (Phi) is 9.80. The second-order valence-corrected chi connectivity index (χ2v) is 9.29. The summed E-state index contributed by atoms with van der Waals surface area (Å²) in [6, 6.07) is 33.4. The maximum Gasteiger partial charge on any atom is 0.311 e. The summed E-state index contributed by atoms with van der Waals surface area (Å²) in [7, 11) is 0. The Balaban J connectivity index is 1.10. The predicted octanol–water partition coefficient (Wildman–Crippen LogP) is 7.62. The Morgan fingerprint density at radius 1 is 0.475 bits per heavy atom. The van der Waals surface area contributed by atoms with E-state index in [1.54, 1.807) is 48.5 Å². The minimum absolute atomic E-state index is 0.282. The molecule has 0 unspecified atom stereocenters. The van der Waals surface area contributed by atoms with E-state index in [1.165, 1.54) is 0 Å². The molecule has 0 bridgehead atoms. The van der Waals surface area contributed by atoms with Crippen LogP contribution in [-0.2, 0) is 9.59 Å². The second kappa shape index (κ2) is 14.1. The highest BCUT2D eigenvalue weighted by atomic mass is 16.5. The number of unbranched alkanes of at least 4 members (excludes halogenated alkanes) is 3. The third kappa shape index (κ3) is 8.15. The average Bonchev–Trinajstić information content (AvgIpc) is 3.00. The van der Waals surface area contributed by atoms with Gasteiger partial charge in [-0.3, -0.25) is 9.59 Å². The van der Waals surface area contributed by atoms with Crippen molar-refractivity contribution in [3.63, 3.8) is 0 Å². The van der Waals surface area contributed by atoms with Crippen molar-refractivity contribution in [1.82, 2.24) is 0 Å². The van der Waals surface area contributed by atoms with E-state index in [2.05, 4.69) is 12.1 Å². The standard InChI is InChI=1S/C34H28N2O4/c35-23-25-7-11-27(12-8-25)29-15-19-31(20-16-29)39-33(37)5-3-1-2-4-6-34(38)40-32-21-17-30(18-22-32)28-13-9-26(24-36)10-14-28/h7-22H,1-6H2. The van der Waals surface area contributed by atoms with Gasteiger partial charge in [0.05, 0.1) is 23.3 Å². The van der Waals surface area contributed by atoms with Crippen molar-refractivity contribution < 1.29 is 19.1 Å². The molecule has 40 heavy (non-hydrogen) atoms. The van der Waals surface area contributed by atoms with Gasteiger partial charge < -0.3 is 9.47 Å². The summed E-state index contributed by atoms with van der Waals surface area (Å²) in [6.45, 7) is 0. The normalized spacial score (nSPS) is 10.2. The number of esters is 2. The Morgan fingerprint density at radius 3 is 1.07 bits per heavy atom. The number of carbonyl (C=O) groups excluding carboxylic acids is 2. The minimum Gasteiger partial charge on any atom is -0.427 e. The van der Waals surface area contributed by atoms with E-state index >= 15 is 0 Å². The molecule has 4 aromatic carbocycles. The molecular formula is C34H28N2O4. The molecule has 6 nitrogen and oxygen atoms in total. The minimum atomic E-state index is -0.282. The first kappa shape index (κ1) is 27.8. The molecule has 0 saturated heterocycles. The van der Waals surface area contributed by atoms with Crippen LogP contribution >= 0.6 is 0 Å². The molecule has 4 rings (SSSR count). The number of rotatable bonds is 11. The fourth-order valence-corrected chi connectivity index (χ4v) is 4.16. The summed E-state index contributed by atoms with van der Waals surface area (Å²) in [5.41, 5.74) is 5.14. The molecule has 198 valence electrons. The average molecular weight is 529 g/mol. The summed E-state index contributed by atoms with van der Waals surface area (Å²) in [5.74, 6) is 0.426. The van der Waals surface area contributed by atoms with Crippen LogP contribution in [-0.4, -0.2) is 11.9 Å². The van der Waals surface area contributed by atoms with E-state index in [9.17, 15) is 9.59 Å². The van der Waals surface area contributed by atoms with Crippen LogP contribution in [0.1, 0.15) is 49.7 Å². The zero-order valence-electron chi connectivity index (χ0n) is 22.0. The van der Waals surface area contributed by atoms with Gasteiger partial charge in [-0.15, -0.1) is 0 Å². The summed E-state index contributed by atoms with van der Waals surface area (Å²) in [6.07, 6.45) is 3.64. The molecule has 0 aromatic heterocycles. The van der Waals surface area contributed by atoms with Gasteiger partial charge in [0.15, 0.2) is 0 Å². The highest BCUT2D eigenvalue weighted by Gasteiger charge is 2.08. The predicted molar refractivity (Wildman–Crippen MR) is 152 cm³/mol. The molecule has 0 atom stereocenters. The van der Waals surface area contributed by atoms with Crippen LogP contribution in [0.15, 0.2) is 97.1 Å². The molecule has 0 heterocycles. The first-order chi connectivity index (χ1) is 19.5. The van der Waals surface area contributed by atoms with Crippen molar-refractivity contribution in [2.45, 2.75) is 38.5 Å². The summed E-state index contributed by atoms with van der Waals surface area (Å²) in [5, 5.41) is 17.8. The number of hydrogen-bond donors (Lipinski definition) is 0. The molecule has 0 aliphatic heterocycles.